The van der Waals surface area contributed by atoms with Crippen molar-refractivity contribution < 1.29 is 19.5 Å². The number of amides is 2. The van der Waals surface area contributed by atoms with Crippen LogP contribution in [-0.2, 0) is 27.2 Å². The molecular weight excluding hydrogens is 524 g/mol. The van der Waals surface area contributed by atoms with Crippen molar-refractivity contribution in [2.24, 2.45) is 11.8 Å². The SMILES string of the molecule is CNC(=O)C1CCCNN1C(=O)C(CCc1ccccc1-c1cscn1)CC(CCCc1ccccc1)C(=O)O. The molecule has 40 heavy (non-hydrogen) atoms. The molecule has 0 bridgehead atoms. The number of likely N-dealkylation sites (N-methyl/N-ethyl adjacent to an activating group) is 1. The Bertz CT molecular complexity index is 1250. The molecule has 3 N–H and O–H groups in total. The number of aromatic nitrogens is 1. The Kier molecular flexibility index (Phi) is 10.8. The standard InChI is InChI=1S/C31H38N4O4S/c1-32-29(36)28-15-8-18-34-35(28)30(37)24(17-16-23-12-5-6-14-26(23)27-20-40-21-33-27)19-25(31(38)39)13-7-11-22-9-3-2-4-10-22/h2-6,9-10,12,14,20-21,24-25,28,34H,7-8,11,13,15-19H2,1H3,(H,32,36)(H,38,39). The molecule has 2 heterocycles. The van der Waals surface area contributed by atoms with E-state index >= 15 is 0 Å². The maximum absolute atomic E-state index is 14.0. The maximum atomic E-state index is 14.0. The lowest BCUT2D eigenvalue weighted by Gasteiger charge is -2.37. The first-order valence-electron chi connectivity index (χ1n) is 14.0. The van der Waals surface area contributed by atoms with E-state index < -0.39 is 23.8 Å². The molecule has 3 aromatic rings. The molecule has 9 heteroatoms. The summed E-state index contributed by atoms with van der Waals surface area (Å²) in [7, 11) is 1.57. The summed E-state index contributed by atoms with van der Waals surface area (Å²) in [5.41, 5.74) is 9.08. The molecule has 3 atom stereocenters. The topological polar surface area (TPSA) is 112 Å². The average Bonchev–Trinajstić information content (AvgIpc) is 3.53. The molecule has 212 valence electrons. The maximum Gasteiger partial charge on any atom is 0.306 e. The van der Waals surface area contributed by atoms with Gasteiger partial charge in [-0.25, -0.2) is 10.4 Å². The van der Waals surface area contributed by atoms with Gasteiger partial charge in [0.05, 0.1) is 17.1 Å². The van der Waals surface area contributed by atoms with Crippen LogP contribution >= 0.6 is 11.3 Å². The van der Waals surface area contributed by atoms with Crippen LogP contribution in [0.15, 0.2) is 65.5 Å². The fourth-order valence-corrected chi connectivity index (χ4v) is 6.02. The highest BCUT2D eigenvalue weighted by molar-refractivity contribution is 7.07. The minimum absolute atomic E-state index is 0.214. The van der Waals surface area contributed by atoms with E-state index in [9.17, 15) is 19.5 Å². The molecule has 1 aliphatic rings. The third-order valence-corrected chi connectivity index (χ3v) is 8.24. The van der Waals surface area contributed by atoms with Gasteiger partial charge >= 0.3 is 5.97 Å². The number of rotatable bonds is 13. The van der Waals surface area contributed by atoms with Gasteiger partial charge in [-0.2, -0.15) is 0 Å². The van der Waals surface area contributed by atoms with Crippen molar-refractivity contribution in [2.75, 3.05) is 13.6 Å². The number of carbonyl (C=O) groups is 3. The average molecular weight is 563 g/mol. The Morgan fingerprint density at radius 2 is 1.85 bits per heavy atom. The number of aryl methyl sites for hydroxylation is 2. The number of hydrogen-bond donors (Lipinski definition) is 3. The molecule has 0 radical (unpaired) electrons. The Morgan fingerprint density at radius 1 is 1.07 bits per heavy atom. The summed E-state index contributed by atoms with van der Waals surface area (Å²) in [6.07, 6.45) is 4.63. The van der Waals surface area contributed by atoms with Gasteiger partial charge in [0.2, 0.25) is 11.8 Å². The van der Waals surface area contributed by atoms with Crippen LogP contribution in [0.4, 0.5) is 0 Å². The second-order valence-corrected chi connectivity index (χ2v) is 11.0. The molecule has 2 amide bonds. The number of nitrogens with zero attached hydrogens (tertiary/aromatic N) is 2. The Hall–Kier alpha value is -3.56. The number of carboxylic acids is 1. The second-order valence-electron chi connectivity index (χ2n) is 10.3. The van der Waals surface area contributed by atoms with Gasteiger partial charge in [0, 0.05) is 30.5 Å². The minimum atomic E-state index is -0.886. The van der Waals surface area contributed by atoms with Crippen molar-refractivity contribution in [3.63, 3.8) is 0 Å². The fraction of sp³-hybridized carbons (Fsp3) is 0.419. The lowest BCUT2D eigenvalue weighted by Crippen LogP contribution is -2.59. The molecule has 0 saturated carbocycles. The smallest absolute Gasteiger partial charge is 0.306 e. The third-order valence-electron chi connectivity index (χ3n) is 7.65. The summed E-state index contributed by atoms with van der Waals surface area (Å²) in [6.45, 7) is 0.595. The molecule has 3 unspecified atom stereocenters. The lowest BCUT2D eigenvalue weighted by molar-refractivity contribution is -0.151. The fourth-order valence-electron chi connectivity index (χ4n) is 5.47. The normalized spacial score (nSPS) is 16.7. The van der Waals surface area contributed by atoms with Crippen LogP contribution in [0, 0.1) is 11.8 Å². The number of aliphatic carboxylic acids is 1. The molecular formula is C31H38N4O4S. The van der Waals surface area contributed by atoms with Crippen LogP contribution in [0.3, 0.4) is 0 Å². The first-order chi connectivity index (χ1) is 19.5. The number of carboxylic acid groups (broad SMARTS) is 1. The molecule has 0 spiro atoms. The van der Waals surface area contributed by atoms with E-state index in [2.05, 4.69) is 15.7 Å². The number of nitrogens with one attached hydrogen (secondary N) is 2. The summed E-state index contributed by atoms with van der Waals surface area (Å²) in [5, 5.41) is 16.3. The number of hydrazine groups is 1. The van der Waals surface area contributed by atoms with E-state index in [1.807, 2.05) is 60.0 Å². The zero-order chi connectivity index (χ0) is 28.3. The quantitative estimate of drug-likeness (QED) is 0.278. The zero-order valence-corrected chi connectivity index (χ0v) is 23.7. The molecule has 2 aromatic carbocycles. The highest BCUT2D eigenvalue weighted by atomic mass is 32.1. The van der Waals surface area contributed by atoms with Crippen LogP contribution in [-0.4, -0.2) is 52.5 Å². The Balaban J connectivity index is 1.53. The predicted octanol–water partition coefficient (Wildman–Crippen LogP) is 4.71. The van der Waals surface area contributed by atoms with Gasteiger partial charge in [-0.3, -0.25) is 19.4 Å². The molecule has 1 fully saturated rings. The van der Waals surface area contributed by atoms with E-state index in [4.69, 9.17) is 0 Å². The monoisotopic (exact) mass is 562 g/mol. The van der Waals surface area contributed by atoms with Gasteiger partial charge in [0.15, 0.2) is 0 Å². The van der Waals surface area contributed by atoms with Crippen molar-refractivity contribution in [1.29, 1.82) is 0 Å². The summed E-state index contributed by atoms with van der Waals surface area (Å²) in [4.78, 5) is 43.4. The van der Waals surface area contributed by atoms with E-state index in [1.165, 1.54) is 21.9 Å². The van der Waals surface area contributed by atoms with Gasteiger partial charge in [-0.1, -0.05) is 54.6 Å². The molecule has 4 rings (SSSR count). The summed E-state index contributed by atoms with van der Waals surface area (Å²) < 4.78 is 0. The largest absolute Gasteiger partial charge is 0.481 e. The van der Waals surface area contributed by atoms with Crippen LogP contribution in [0.1, 0.15) is 49.7 Å². The van der Waals surface area contributed by atoms with Crippen LogP contribution < -0.4 is 10.7 Å². The second kappa shape index (κ2) is 14.7. The van der Waals surface area contributed by atoms with Gasteiger partial charge < -0.3 is 10.4 Å². The first-order valence-corrected chi connectivity index (χ1v) is 14.9. The highest BCUT2D eigenvalue weighted by Gasteiger charge is 2.37. The summed E-state index contributed by atoms with van der Waals surface area (Å²) >= 11 is 1.53. The number of benzene rings is 2. The molecule has 1 aliphatic heterocycles. The molecule has 1 saturated heterocycles. The first kappa shape index (κ1) is 29.4. The lowest BCUT2D eigenvalue weighted by atomic mass is 9.85. The molecule has 0 aliphatic carbocycles. The van der Waals surface area contributed by atoms with Crippen LogP contribution in [0.25, 0.3) is 11.3 Å². The third kappa shape index (κ3) is 7.76. The molecule has 8 nitrogen and oxygen atoms in total. The van der Waals surface area contributed by atoms with Crippen molar-refractivity contribution >= 4 is 29.1 Å². The molecule has 1 aromatic heterocycles. The van der Waals surface area contributed by atoms with Crippen LogP contribution in [0.2, 0.25) is 0 Å². The zero-order valence-electron chi connectivity index (χ0n) is 22.9. The summed E-state index contributed by atoms with van der Waals surface area (Å²) in [6, 6.07) is 17.4. The number of carbonyl (C=O) groups excluding carboxylic acids is 2. The highest BCUT2D eigenvalue weighted by Crippen LogP contribution is 2.29. The van der Waals surface area contributed by atoms with Gasteiger partial charge in [0.25, 0.3) is 0 Å². The Labute approximate surface area is 239 Å². The van der Waals surface area contributed by atoms with Crippen LogP contribution in [0.5, 0.6) is 0 Å². The van der Waals surface area contributed by atoms with E-state index in [-0.39, 0.29) is 18.2 Å². The van der Waals surface area contributed by atoms with Gasteiger partial charge in [-0.15, -0.1) is 11.3 Å². The van der Waals surface area contributed by atoms with E-state index in [0.717, 1.165) is 36.1 Å². The van der Waals surface area contributed by atoms with Crippen molar-refractivity contribution in [3.05, 3.63) is 76.6 Å². The van der Waals surface area contributed by atoms with Gasteiger partial charge in [0.1, 0.15) is 6.04 Å². The van der Waals surface area contributed by atoms with Crippen molar-refractivity contribution in [2.45, 2.75) is 57.4 Å². The minimum Gasteiger partial charge on any atom is -0.481 e. The van der Waals surface area contributed by atoms with Crippen molar-refractivity contribution in [1.82, 2.24) is 20.7 Å². The predicted molar refractivity (Wildman–Crippen MR) is 156 cm³/mol. The van der Waals surface area contributed by atoms with E-state index in [1.54, 1.807) is 12.6 Å². The van der Waals surface area contributed by atoms with Gasteiger partial charge in [-0.05, 0) is 62.5 Å². The summed E-state index contributed by atoms with van der Waals surface area (Å²) in [5.74, 6) is -2.53. The van der Waals surface area contributed by atoms with Crippen molar-refractivity contribution in [3.8, 4) is 11.3 Å². The Morgan fingerprint density at radius 3 is 2.58 bits per heavy atom. The number of hydrogen-bond acceptors (Lipinski definition) is 6. The van der Waals surface area contributed by atoms with E-state index in [0.29, 0.717) is 32.2 Å². The number of thiazole rings is 1.